The summed E-state index contributed by atoms with van der Waals surface area (Å²) in [6, 6.07) is 5.84. The number of carbonyl (C=O) groups is 2. The zero-order valence-electron chi connectivity index (χ0n) is 12.4. The van der Waals surface area contributed by atoms with Gasteiger partial charge in [-0.2, -0.15) is 0 Å². The minimum absolute atomic E-state index is 0.0526. The molecule has 1 aromatic carbocycles. The Labute approximate surface area is 138 Å². The summed E-state index contributed by atoms with van der Waals surface area (Å²) in [7, 11) is 0. The number of thiocarbonyl (C=S) groups is 1. The molecular formula is C14H16N4O4S. The zero-order valence-corrected chi connectivity index (χ0v) is 13.2. The number of nitro benzene ring substituents is 1. The molecule has 0 heterocycles. The Morgan fingerprint density at radius 1 is 1.35 bits per heavy atom. The molecule has 1 rings (SSSR count). The second-order valence-corrected chi connectivity index (χ2v) is 4.84. The lowest BCUT2D eigenvalue weighted by Gasteiger charge is -2.08. The van der Waals surface area contributed by atoms with E-state index in [4.69, 9.17) is 12.2 Å². The van der Waals surface area contributed by atoms with Gasteiger partial charge in [0.15, 0.2) is 5.11 Å². The first kappa shape index (κ1) is 18.2. The fourth-order valence-corrected chi connectivity index (χ4v) is 1.67. The van der Waals surface area contributed by atoms with Gasteiger partial charge in [-0.1, -0.05) is 19.1 Å². The van der Waals surface area contributed by atoms with Crippen LogP contribution in [-0.4, -0.2) is 21.9 Å². The standard InChI is InChI=1S/C14H16N4O4S/c1-2-4-13(20)16-17-14(23)15-12(19)8-7-10-5-3-6-11(9-10)18(21)22/h3,5-9H,2,4H2,1H3,(H,16,20)(H2,15,17,19,23)/b8-7+. The molecule has 23 heavy (non-hydrogen) atoms. The molecule has 0 unspecified atom stereocenters. The SMILES string of the molecule is CCCC(=O)NNC(=S)NC(=O)/C=C/c1cccc([N+](=O)[O-])c1. The number of nitrogens with one attached hydrogen (secondary N) is 3. The molecular weight excluding hydrogens is 320 g/mol. The van der Waals surface area contributed by atoms with Gasteiger partial charge in [-0.05, 0) is 30.3 Å². The van der Waals surface area contributed by atoms with Crippen LogP contribution < -0.4 is 16.2 Å². The summed E-state index contributed by atoms with van der Waals surface area (Å²) in [6.07, 6.45) is 3.64. The number of nitrogens with zero attached hydrogens (tertiary/aromatic N) is 1. The first-order valence-corrected chi connectivity index (χ1v) is 7.15. The largest absolute Gasteiger partial charge is 0.298 e. The highest BCUT2D eigenvalue weighted by atomic mass is 32.1. The number of hydrogen-bond acceptors (Lipinski definition) is 5. The van der Waals surface area contributed by atoms with E-state index < -0.39 is 10.8 Å². The molecule has 0 aliphatic carbocycles. The third kappa shape index (κ3) is 7.14. The Kier molecular flexibility index (Phi) is 7.34. The van der Waals surface area contributed by atoms with E-state index in [-0.39, 0.29) is 16.7 Å². The van der Waals surface area contributed by atoms with Crippen molar-refractivity contribution in [1.29, 1.82) is 0 Å². The predicted molar refractivity (Wildman–Crippen MR) is 89.1 cm³/mol. The Hall–Kier alpha value is -2.81. The molecule has 3 N–H and O–H groups in total. The normalized spacial score (nSPS) is 10.1. The molecule has 0 spiro atoms. The number of carbonyl (C=O) groups excluding carboxylic acids is 2. The summed E-state index contributed by atoms with van der Waals surface area (Å²) in [4.78, 5) is 33.0. The summed E-state index contributed by atoms with van der Waals surface area (Å²) < 4.78 is 0. The summed E-state index contributed by atoms with van der Waals surface area (Å²) >= 11 is 4.84. The lowest BCUT2D eigenvalue weighted by molar-refractivity contribution is -0.384. The number of hydrogen-bond donors (Lipinski definition) is 3. The maximum Gasteiger partial charge on any atom is 0.270 e. The van der Waals surface area contributed by atoms with Gasteiger partial charge in [0, 0.05) is 24.6 Å². The van der Waals surface area contributed by atoms with Crippen LogP contribution in [0.15, 0.2) is 30.3 Å². The van der Waals surface area contributed by atoms with E-state index in [1.807, 2.05) is 6.92 Å². The van der Waals surface area contributed by atoms with E-state index in [0.29, 0.717) is 18.4 Å². The molecule has 0 saturated carbocycles. The van der Waals surface area contributed by atoms with Crippen LogP contribution in [0.5, 0.6) is 0 Å². The average Bonchev–Trinajstić information content (AvgIpc) is 2.51. The second kappa shape index (κ2) is 9.26. The van der Waals surface area contributed by atoms with Gasteiger partial charge in [-0.3, -0.25) is 35.9 Å². The highest BCUT2D eigenvalue weighted by Crippen LogP contribution is 2.13. The van der Waals surface area contributed by atoms with Gasteiger partial charge < -0.3 is 0 Å². The number of benzene rings is 1. The van der Waals surface area contributed by atoms with E-state index in [1.165, 1.54) is 30.4 Å². The van der Waals surface area contributed by atoms with Crippen molar-refractivity contribution in [3.8, 4) is 0 Å². The van der Waals surface area contributed by atoms with Crippen LogP contribution in [0.25, 0.3) is 6.08 Å². The number of nitro groups is 1. The van der Waals surface area contributed by atoms with Gasteiger partial charge in [0.25, 0.3) is 5.69 Å². The topological polar surface area (TPSA) is 113 Å². The lowest BCUT2D eigenvalue weighted by atomic mass is 10.2. The molecule has 0 aliphatic heterocycles. The molecule has 0 saturated heterocycles. The Morgan fingerprint density at radius 2 is 2.09 bits per heavy atom. The molecule has 2 amide bonds. The van der Waals surface area contributed by atoms with Crippen LogP contribution >= 0.6 is 12.2 Å². The molecule has 0 aliphatic rings. The second-order valence-electron chi connectivity index (χ2n) is 4.43. The molecule has 122 valence electrons. The quantitative estimate of drug-likeness (QED) is 0.324. The fourth-order valence-electron chi connectivity index (χ4n) is 1.51. The highest BCUT2D eigenvalue weighted by Gasteiger charge is 2.05. The van der Waals surface area contributed by atoms with Gasteiger partial charge in [-0.15, -0.1) is 0 Å². The van der Waals surface area contributed by atoms with E-state index in [9.17, 15) is 19.7 Å². The fraction of sp³-hybridized carbons (Fsp3) is 0.214. The third-order valence-corrected chi connectivity index (χ3v) is 2.74. The monoisotopic (exact) mass is 336 g/mol. The molecule has 0 radical (unpaired) electrons. The van der Waals surface area contributed by atoms with Crippen molar-refractivity contribution >= 4 is 40.9 Å². The summed E-state index contributed by atoms with van der Waals surface area (Å²) in [6.45, 7) is 1.86. The smallest absolute Gasteiger partial charge is 0.270 e. The maximum atomic E-state index is 11.6. The van der Waals surface area contributed by atoms with Crippen molar-refractivity contribution in [2.24, 2.45) is 0 Å². The summed E-state index contributed by atoms with van der Waals surface area (Å²) in [5, 5.41) is 12.9. The van der Waals surface area contributed by atoms with Crippen molar-refractivity contribution < 1.29 is 14.5 Å². The van der Waals surface area contributed by atoms with Gasteiger partial charge >= 0.3 is 0 Å². The third-order valence-electron chi connectivity index (χ3n) is 2.54. The molecule has 1 aromatic rings. The Bertz CT molecular complexity index is 645. The van der Waals surface area contributed by atoms with Gasteiger partial charge in [0.1, 0.15) is 0 Å². The first-order valence-electron chi connectivity index (χ1n) is 6.74. The maximum absolute atomic E-state index is 11.6. The zero-order chi connectivity index (χ0) is 17.2. The van der Waals surface area contributed by atoms with Crippen LogP contribution in [0.3, 0.4) is 0 Å². The summed E-state index contributed by atoms with van der Waals surface area (Å²) in [5.41, 5.74) is 5.17. The van der Waals surface area contributed by atoms with E-state index >= 15 is 0 Å². The van der Waals surface area contributed by atoms with Crippen LogP contribution in [0.2, 0.25) is 0 Å². The van der Waals surface area contributed by atoms with E-state index in [1.54, 1.807) is 6.07 Å². The van der Waals surface area contributed by atoms with Crippen LogP contribution in [0.1, 0.15) is 25.3 Å². The molecule has 0 aromatic heterocycles. The van der Waals surface area contributed by atoms with Gasteiger partial charge in [-0.25, -0.2) is 0 Å². The van der Waals surface area contributed by atoms with Crippen molar-refractivity contribution in [2.75, 3.05) is 0 Å². The number of hydrazine groups is 1. The van der Waals surface area contributed by atoms with Gasteiger partial charge in [0.05, 0.1) is 4.92 Å². The molecule has 8 nitrogen and oxygen atoms in total. The van der Waals surface area contributed by atoms with Crippen molar-refractivity contribution in [3.05, 3.63) is 46.0 Å². The Balaban J connectivity index is 2.49. The van der Waals surface area contributed by atoms with Crippen LogP contribution in [0.4, 0.5) is 5.69 Å². The minimum Gasteiger partial charge on any atom is -0.298 e. The number of rotatable bonds is 5. The van der Waals surface area contributed by atoms with Crippen molar-refractivity contribution in [3.63, 3.8) is 0 Å². The van der Waals surface area contributed by atoms with Crippen molar-refractivity contribution in [1.82, 2.24) is 16.2 Å². The van der Waals surface area contributed by atoms with E-state index in [0.717, 1.165) is 0 Å². The molecule has 9 heteroatoms. The van der Waals surface area contributed by atoms with Crippen LogP contribution in [0, 0.1) is 10.1 Å². The number of non-ortho nitro benzene ring substituents is 1. The minimum atomic E-state index is -0.529. The van der Waals surface area contributed by atoms with Gasteiger partial charge in [0.2, 0.25) is 11.8 Å². The predicted octanol–water partition coefficient (Wildman–Crippen LogP) is 1.43. The Morgan fingerprint density at radius 3 is 2.74 bits per heavy atom. The molecule has 0 bridgehead atoms. The van der Waals surface area contributed by atoms with Crippen molar-refractivity contribution in [2.45, 2.75) is 19.8 Å². The van der Waals surface area contributed by atoms with E-state index in [2.05, 4.69) is 16.2 Å². The summed E-state index contributed by atoms with van der Waals surface area (Å²) in [5.74, 6) is -0.769. The highest BCUT2D eigenvalue weighted by molar-refractivity contribution is 7.80. The molecule has 0 fully saturated rings. The van der Waals surface area contributed by atoms with Crippen LogP contribution in [-0.2, 0) is 9.59 Å². The number of amides is 2. The first-order chi connectivity index (χ1) is 10.9. The molecule has 0 atom stereocenters. The average molecular weight is 336 g/mol. The lowest BCUT2D eigenvalue weighted by Crippen LogP contribution is -2.48.